The van der Waals surface area contributed by atoms with E-state index in [2.05, 4.69) is 30.3 Å². The standard InChI is InChI=1S/C32H31NO3/c34-31(20-19-26-12-5-2-6-13-26)33(21-9-15-25-10-3-1-4-11-25)24-27-14-7-16-28(22-27)29-17-8-18-30(23-29)32(35)36/h1-8,10-14,16-18,22-23H,9,15,19-21,24H2,(H,35,36). The number of aryl methyl sites for hydroxylation is 2. The molecule has 1 N–H and O–H groups in total. The van der Waals surface area contributed by atoms with E-state index < -0.39 is 5.97 Å². The van der Waals surface area contributed by atoms with Gasteiger partial charge in [-0.1, -0.05) is 91.0 Å². The van der Waals surface area contributed by atoms with Crippen molar-refractivity contribution in [3.8, 4) is 11.1 Å². The molecule has 0 atom stereocenters. The third-order valence-corrected chi connectivity index (χ3v) is 6.30. The quantitative estimate of drug-likeness (QED) is 0.263. The average molecular weight is 478 g/mol. The van der Waals surface area contributed by atoms with Crippen LogP contribution in [0.15, 0.2) is 109 Å². The maximum Gasteiger partial charge on any atom is 0.335 e. The highest BCUT2D eigenvalue weighted by atomic mass is 16.4. The summed E-state index contributed by atoms with van der Waals surface area (Å²) in [5.74, 6) is -0.799. The second kappa shape index (κ2) is 12.5. The van der Waals surface area contributed by atoms with Gasteiger partial charge in [0.05, 0.1) is 5.56 Å². The first-order chi connectivity index (χ1) is 17.6. The first-order valence-corrected chi connectivity index (χ1v) is 12.4. The third-order valence-electron chi connectivity index (χ3n) is 6.30. The van der Waals surface area contributed by atoms with Gasteiger partial charge in [-0.2, -0.15) is 0 Å². The number of hydrogen-bond acceptors (Lipinski definition) is 2. The molecule has 4 aromatic carbocycles. The van der Waals surface area contributed by atoms with Crippen molar-refractivity contribution in [2.24, 2.45) is 0 Å². The van der Waals surface area contributed by atoms with Crippen LogP contribution in [0.1, 0.15) is 39.9 Å². The van der Waals surface area contributed by atoms with Gasteiger partial charge in [-0.25, -0.2) is 4.79 Å². The molecule has 0 spiro atoms. The Labute approximate surface area is 212 Å². The molecule has 1 amide bonds. The Morgan fingerprint density at radius 3 is 1.89 bits per heavy atom. The third kappa shape index (κ3) is 7.16. The largest absolute Gasteiger partial charge is 0.478 e. The van der Waals surface area contributed by atoms with Crippen molar-refractivity contribution in [1.29, 1.82) is 0 Å². The van der Waals surface area contributed by atoms with Crippen molar-refractivity contribution >= 4 is 11.9 Å². The lowest BCUT2D eigenvalue weighted by Crippen LogP contribution is -2.32. The van der Waals surface area contributed by atoms with Crippen LogP contribution in [-0.4, -0.2) is 28.4 Å². The van der Waals surface area contributed by atoms with E-state index in [4.69, 9.17) is 0 Å². The number of benzene rings is 4. The van der Waals surface area contributed by atoms with Crippen LogP contribution in [0.3, 0.4) is 0 Å². The lowest BCUT2D eigenvalue weighted by atomic mass is 10.0. The Morgan fingerprint density at radius 1 is 0.639 bits per heavy atom. The van der Waals surface area contributed by atoms with Gasteiger partial charge in [-0.15, -0.1) is 0 Å². The second-order valence-corrected chi connectivity index (χ2v) is 8.98. The van der Waals surface area contributed by atoms with Gasteiger partial charge in [0.25, 0.3) is 0 Å². The van der Waals surface area contributed by atoms with Gasteiger partial charge in [-0.05, 0) is 65.3 Å². The van der Waals surface area contributed by atoms with Gasteiger partial charge in [0.1, 0.15) is 0 Å². The van der Waals surface area contributed by atoms with Crippen molar-refractivity contribution in [3.05, 3.63) is 131 Å². The summed E-state index contributed by atoms with van der Waals surface area (Å²) >= 11 is 0. The summed E-state index contributed by atoms with van der Waals surface area (Å²) in [7, 11) is 0. The lowest BCUT2D eigenvalue weighted by Gasteiger charge is -2.23. The fraction of sp³-hybridized carbons (Fsp3) is 0.188. The van der Waals surface area contributed by atoms with E-state index in [0.29, 0.717) is 19.5 Å². The topological polar surface area (TPSA) is 57.6 Å². The van der Waals surface area contributed by atoms with Crippen molar-refractivity contribution in [2.45, 2.75) is 32.2 Å². The highest BCUT2D eigenvalue weighted by Gasteiger charge is 2.15. The number of hydrogen-bond donors (Lipinski definition) is 1. The van der Waals surface area contributed by atoms with E-state index in [0.717, 1.165) is 41.5 Å². The van der Waals surface area contributed by atoms with Gasteiger partial charge in [0.15, 0.2) is 0 Å². The fourth-order valence-corrected chi connectivity index (χ4v) is 4.37. The molecule has 0 unspecified atom stereocenters. The Morgan fingerprint density at radius 2 is 1.22 bits per heavy atom. The Kier molecular flexibility index (Phi) is 8.66. The molecule has 0 fully saturated rings. The summed E-state index contributed by atoms with van der Waals surface area (Å²) in [6, 6.07) is 35.4. The number of carbonyl (C=O) groups excluding carboxylic acids is 1. The summed E-state index contributed by atoms with van der Waals surface area (Å²) < 4.78 is 0. The lowest BCUT2D eigenvalue weighted by molar-refractivity contribution is -0.131. The summed E-state index contributed by atoms with van der Waals surface area (Å²) in [4.78, 5) is 26.7. The molecule has 0 aliphatic rings. The van der Waals surface area contributed by atoms with E-state index >= 15 is 0 Å². The van der Waals surface area contributed by atoms with E-state index in [-0.39, 0.29) is 11.5 Å². The minimum Gasteiger partial charge on any atom is -0.478 e. The Balaban J connectivity index is 1.48. The predicted molar refractivity (Wildman–Crippen MR) is 144 cm³/mol. The Hall–Kier alpha value is -4.18. The molecule has 0 aromatic heterocycles. The van der Waals surface area contributed by atoms with Crippen molar-refractivity contribution in [3.63, 3.8) is 0 Å². The molecule has 4 aromatic rings. The van der Waals surface area contributed by atoms with Gasteiger partial charge in [0, 0.05) is 19.5 Å². The number of amides is 1. The smallest absolute Gasteiger partial charge is 0.335 e. The molecule has 0 bridgehead atoms. The van der Waals surface area contributed by atoms with Crippen LogP contribution in [0.25, 0.3) is 11.1 Å². The van der Waals surface area contributed by atoms with Crippen molar-refractivity contribution in [1.82, 2.24) is 4.90 Å². The zero-order chi connectivity index (χ0) is 25.2. The minimum atomic E-state index is -0.943. The zero-order valence-corrected chi connectivity index (χ0v) is 20.3. The van der Waals surface area contributed by atoms with Crippen LogP contribution in [0.2, 0.25) is 0 Å². The highest BCUT2D eigenvalue weighted by molar-refractivity contribution is 5.89. The zero-order valence-electron chi connectivity index (χ0n) is 20.3. The van der Waals surface area contributed by atoms with E-state index in [1.807, 2.05) is 65.6 Å². The summed E-state index contributed by atoms with van der Waals surface area (Å²) in [5, 5.41) is 9.34. The predicted octanol–water partition coefficient (Wildman–Crippen LogP) is 6.65. The number of carboxylic acids is 1. The normalized spacial score (nSPS) is 10.7. The maximum atomic E-state index is 13.3. The molecule has 0 aliphatic heterocycles. The molecule has 4 rings (SSSR count). The molecular weight excluding hydrogens is 446 g/mol. The highest BCUT2D eigenvalue weighted by Crippen LogP contribution is 2.23. The molecule has 0 radical (unpaired) electrons. The summed E-state index contributed by atoms with van der Waals surface area (Å²) in [5.41, 5.74) is 5.52. The number of nitrogens with zero attached hydrogens (tertiary/aromatic N) is 1. The molecule has 0 heterocycles. The summed E-state index contributed by atoms with van der Waals surface area (Å²) in [6.45, 7) is 1.20. The molecular formula is C32H31NO3. The van der Waals surface area contributed by atoms with Crippen LogP contribution in [0.5, 0.6) is 0 Å². The average Bonchev–Trinajstić information content (AvgIpc) is 2.92. The molecule has 0 saturated carbocycles. The van der Waals surface area contributed by atoms with Crippen molar-refractivity contribution < 1.29 is 14.7 Å². The van der Waals surface area contributed by atoms with Crippen LogP contribution in [0.4, 0.5) is 0 Å². The van der Waals surface area contributed by atoms with Crippen LogP contribution in [-0.2, 0) is 24.2 Å². The van der Waals surface area contributed by atoms with E-state index in [9.17, 15) is 14.7 Å². The molecule has 182 valence electrons. The first kappa shape index (κ1) is 24.9. The number of carboxylic acid groups (broad SMARTS) is 1. The molecule has 0 saturated heterocycles. The van der Waals surface area contributed by atoms with Gasteiger partial charge in [0.2, 0.25) is 5.91 Å². The SMILES string of the molecule is O=C(O)c1cccc(-c2cccc(CN(CCCc3ccccc3)C(=O)CCc3ccccc3)c2)c1. The molecule has 4 nitrogen and oxygen atoms in total. The summed E-state index contributed by atoms with van der Waals surface area (Å²) in [6.07, 6.45) is 3.00. The van der Waals surface area contributed by atoms with Crippen LogP contribution in [0, 0.1) is 0 Å². The molecule has 0 aliphatic carbocycles. The van der Waals surface area contributed by atoms with Gasteiger partial charge in [-0.3, -0.25) is 4.79 Å². The van der Waals surface area contributed by atoms with E-state index in [1.165, 1.54) is 5.56 Å². The van der Waals surface area contributed by atoms with Crippen LogP contribution < -0.4 is 0 Å². The molecule has 4 heteroatoms. The Bertz CT molecular complexity index is 1290. The van der Waals surface area contributed by atoms with E-state index in [1.54, 1.807) is 18.2 Å². The number of rotatable bonds is 11. The number of carbonyl (C=O) groups is 2. The van der Waals surface area contributed by atoms with Gasteiger partial charge >= 0.3 is 5.97 Å². The second-order valence-electron chi connectivity index (χ2n) is 8.98. The maximum absolute atomic E-state index is 13.3. The fourth-order valence-electron chi connectivity index (χ4n) is 4.37. The van der Waals surface area contributed by atoms with Crippen LogP contribution >= 0.6 is 0 Å². The van der Waals surface area contributed by atoms with Gasteiger partial charge < -0.3 is 10.0 Å². The van der Waals surface area contributed by atoms with Crippen molar-refractivity contribution in [2.75, 3.05) is 6.54 Å². The minimum absolute atomic E-state index is 0.144. The number of aromatic carboxylic acids is 1. The molecule has 36 heavy (non-hydrogen) atoms. The first-order valence-electron chi connectivity index (χ1n) is 12.4. The monoisotopic (exact) mass is 477 g/mol.